The third-order valence-corrected chi connectivity index (χ3v) is 6.54. The molecule has 0 amide bonds. The molecule has 0 aliphatic rings. The first-order valence-electron chi connectivity index (χ1n) is 6.43. The number of carboxylic acid groups (broad SMARTS) is 1. The van der Waals surface area contributed by atoms with Crippen LogP contribution in [0.1, 0.15) is 13.3 Å². The normalized spacial score (nSPS) is 14.9. The first kappa shape index (κ1) is 17.0. The molecule has 1 atom stereocenters. The molecular formula is C14H15BrFNO4S. The van der Waals surface area contributed by atoms with Gasteiger partial charge in [0.05, 0.1) is 9.99 Å². The third-order valence-electron chi connectivity index (χ3n) is 3.91. The predicted molar refractivity (Wildman–Crippen MR) is 85.1 cm³/mol. The Morgan fingerprint density at radius 2 is 2.09 bits per heavy atom. The van der Waals surface area contributed by atoms with Gasteiger partial charge in [-0.3, -0.25) is 4.79 Å². The number of carboxylic acids is 1. The van der Waals surface area contributed by atoms with Crippen LogP contribution in [0.15, 0.2) is 28.9 Å². The van der Waals surface area contributed by atoms with Crippen molar-refractivity contribution >= 4 is 42.6 Å². The topological polar surface area (TPSA) is 76.4 Å². The predicted octanol–water partition coefficient (Wildman–Crippen LogP) is 2.82. The van der Waals surface area contributed by atoms with Gasteiger partial charge in [-0.05, 0) is 47.5 Å². The Morgan fingerprint density at radius 3 is 2.64 bits per heavy atom. The van der Waals surface area contributed by atoms with Crippen LogP contribution in [0, 0.1) is 5.82 Å². The summed E-state index contributed by atoms with van der Waals surface area (Å²) in [6.45, 7) is 1.34. The SMILES string of the molecule is C[C@@](CCn1ccc2cc(Br)c(F)cc21)(C(=O)O)S(C)(=O)=O. The molecule has 2 rings (SSSR count). The van der Waals surface area contributed by atoms with E-state index in [1.54, 1.807) is 22.9 Å². The highest BCUT2D eigenvalue weighted by Gasteiger charge is 2.43. The molecule has 1 N–H and O–H groups in total. The molecular weight excluding hydrogens is 377 g/mol. The van der Waals surface area contributed by atoms with Crippen LogP contribution >= 0.6 is 15.9 Å². The zero-order valence-corrected chi connectivity index (χ0v) is 14.4. The van der Waals surface area contributed by atoms with Gasteiger partial charge in [-0.15, -0.1) is 0 Å². The maximum Gasteiger partial charge on any atom is 0.324 e. The molecule has 0 saturated carbocycles. The molecule has 120 valence electrons. The number of hydrogen-bond acceptors (Lipinski definition) is 3. The van der Waals surface area contributed by atoms with E-state index in [0.29, 0.717) is 9.99 Å². The molecule has 22 heavy (non-hydrogen) atoms. The molecule has 1 aromatic heterocycles. The zero-order valence-electron chi connectivity index (χ0n) is 12.0. The van der Waals surface area contributed by atoms with Crippen molar-refractivity contribution in [3.63, 3.8) is 0 Å². The van der Waals surface area contributed by atoms with Gasteiger partial charge in [0.2, 0.25) is 0 Å². The summed E-state index contributed by atoms with van der Waals surface area (Å²) in [4.78, 5) is 11.3. The minimum atomic E-state index is -3.78. The van der Waals surface area contributed by atoms with E-state index in [0.717, 1.165) is 11.6 Å². The summed E-state index contributed by atoms with van der Waals surface area (Å²) >= 11 is 3.10. The van der Waals surface area contributed by atoms with Crippen molar-refractivity contribution < 1.29 is 22.7 Å². The second kappa shape index (κ2) is 5.66. The van der Waals surface area contributed by atoms with Gasteiger partial charge in [-0.1, -0.05) is 0 Å². The average Bonchev–Trinajstić information content (AvgIpc) is 2.77. The number of aliphatic carboxylic acids is 1. The van der Waals surface area contributed by atoms with Crippen LogP contribution in [0.3, 0.4) is 0 Å². The summed E-state index contributed by atoms with van der Waals surface area (Å²) in [5, 5.41) is 10.0. The van der Waals surface area contributed by atoms with Crippen LogP contribution in [-0.2, 0) is 21.2 Å². The van der Waals surface area contributed by atoms with Crippen LogP contribution in [0.25, 0.3) is 10.9 Å². The van der Waals surface area contributed by atoms with E-state index in [2.05, 4.69) is 15.9 Å². The molecule has 0 radical (unpaired) electrons. The lowest BCUT2D eigenvalue weighted by atomic mass is 10.1. The summed E-state index contributed by atoms with van der Waals surface area (Å²) in [6.07, 6.45) is 2.48. The lowest BCUT2D eigenvalue weighted by Crippen LogP contribution is -2.43. The maximum atomic E-state index is 13.6. The summed E-state index contributed by atoms with van der Waals surface area (Å²) in [7, 11) is -3.78. The minimum absolute atomic E-state index is 0.109. The number of fused-ring (bicyclic) bond motifs is 1. The molecule has 8 heteroatoms. The highest BCUT2D eigenvalue weighted by molar-refractivity contribution is 9.10. The second-order valence-electron chi connectivity index (χ2n) is 5.39. The lowest BCUT2D eigenvalue weighted by Gasteiger charge is -2.23. The average molecular weight is 392 g/mol. The Hall–Kier alpha value is -1.41. The van der Waals surface area contributed by atoms with E-state index >= 15 is 0 Å². The number of sulfone groups is 1. The Bertz CT molecular complexity index is 846. The molecule has 0 spiro atoms. The van der Waals surface area contributed by atoms with Gasteiger partial charge in [-0.25, -0.2) is 12.8 Å². The van der Waals surface area contributed by atoms with Crippen LogP contribution in [0.4, 0.5) is 4.39 Å². The van der Waals surface area contributed by atoms with E-state index in [1.807, 2.05) is 0 Å². The molecule has 0 saturated heterocycles. The Balaban J connectivity index is 2.36. The second-order valence-corrected chi connectivity index (χ2v) is 8.69. The van der Waals surface area contributed by atoms with Crippen molar-refractivity contribution in [1.82, 2.24) is 4.57 Å². The first-order chi connectivity index (χ1) is 10.1. The number of aryl methyl sites for hydroxylation is 1. The molecule has 1 heterocycles. The number of rotatable bonds is 5. The van der Waals surface area contributed by atoms with Crippen molar-refractivity contribution in [2.24, 2.45) is 0 Å². The fourth-order valence-corrected chi connectivity index (χ4v) is 3.30. The van der Waals surface area contributed by atoms with Crippen molar-refractivity contribution in [2.45, 2.75) is 24.6 Å². The Labute approximate surface area is 135 Å². The van der Waals surface area contributed by atoms with Gasteiger partial charge >= 0.3 is 5.97 Å². The zero-order chi connectivity index (χ0) is 16.7. The third kappa shape index (κ3) is 2.89. The molecule has 0 unspecified atom stereocenters. The number of nitrogens with zero attached hydrogens (tertiary/aromatic N) is 1. The van der Waals surface area contributed by atoms with Crippen LogP contribution in [0.5, 0.6) is 0 Å². The molecule has 0 fully saturated rings. The summed E-state index contributed by atoms with van der Waals surface area (Å²) in [5.74, 6) is -1.82. The number of benzene rings is 1. The van der Waals surface area contributed by atoms with Crippen molar-refractivity contribution in [1.29, 1.82) is 0 Å². The van der Waals surface area contributed by atoms with E-state index in [-0.39, 0.29) is 13.0 Å². The van der Waals surface area contributed by atoms with Gasteiger partial charge in [0, 0.05) is 24.4 Å². The van der Waals surface area contributed by atoms with Crippen LogP contribution < -0.4 is 0 Å². The smallest absolute Gasteiger partial charge is 0.324 e. The number of aromatic nitrogens is 1. The molecule has 5 nitrogen and oxygen atoms in total. The van der Waals surface area contributed by atoms with E-state index < -0.39 is 26.4 Å². The van der Waals surface area contributed by atoms with Crippen molar-refractivity contribution in [2.75, 3.05) is 6.26 Å². The van der Waals surface area contributed by atoms with Gasteiger partial charge < -0.3 is 9.67 Å². The first-order valence-corrected chi connectivity index (χ1v) is 9.11. The van der Waals surface area contributed by atoms with Gasteiger partial charge in [0.15, 0.2) is 14.6 Å². The van der Waals surface area contributed by atoms with E-state index in [1.165, 1.54) is 13.0 Å². The Kier molecular flexibility index (Phi) is 4.36. The van der Waals surface area contributed by atoms with Gasteiger partial charge in [0.25, 0.3) is 0 Å². The quantitative estimate of drug-likeness (QED) is 0.849. The van der Waals surface area contributed by atoms with E-state index in [9.17, 15) is 22.7 Å². The summed E-state index contributed by atoms with van der Waals surface area (Å²) < 4.78 is 37.3. The van der Waals surface area contributed by atoms with Crippen LogP contribution in [0.2, 0.25) is 0 Å². The van der Waals surface area contributed by atoms with Crippen molar-refractivity contribution in [3.05, 3.63) is 34.7 Å². The fraction of sp³-hybridized carbons (Fsp3) is 0.357. The monoisotopic (exact) mass is 391 g/mol. The molecule has 0 bridgehead atoms. The van der Waals surface area contributed by atoms with Gasteiger partial charge in [0.1, 0.15) is 5.82 Å². The standard InChI is InChI=1S/C14H15BrFNO4S/c1-14(13(18)19,22(2,20)21)4-6-17-5-3-9-7-10(15)11(16)8-12(9)17/h3,5,7-8H,4,6H2,1-2H3,(H,18,19)/t14-/m1/s1. The number of carbonyl (C=O) groups is 1. The Morgan fingerprint density at radius 1 is 1.45 bits per heavy atom. The molecule has 0 aliphatic heterocycles. The molecule has 0 aliphatic carbocycles. The lowest BCUT2D eigenvalue weighted by molar-refractivity contribution is -0.139. The van der Waals surface area contributed by atoms with Crippen LogP contribution in [-0.4, -0.2) is 35.1 Å². The highest BCUT2D eigenvalue weighted by Crippen LogP contribution is 2.27. The number of halogens is 2. The summed E-state index contributed by atoms with van der Waals surface area (Å²) in [5.41, 5.74) is 0.585. The largest absolute Gasteiger partial charge is 0.480 e. The molecule has 2 aromatic rings. The highest BCUT2D eigenvalue weighted by atomic mass is 79.9. The van der Waals surface area contributed by atoms with Crippen molar-refractivity contribution in [3.8, 4) is 0 Å². The fourth-order valence-electron chi connectivity index (χ4n) is 2.16. The minimum Gasteiger partial charge on any atom is -0.480 e. The maximum absolute atomic E-state index is 13.6. The summed E-state index contributed by atoms with van der Waals surface area (Å²) in [6, 6.07) is 4.71. The van der Waals surface area contributed by atoms with E-state index in [4.69, 9.17) is 0 Å². The number of hydrogen-bond donors (Lipinski definition) is 1. The van der Waals surface area contributed by atoms with Gasteiger partial charge in [-0.2, -0.15) is 0 Å². The molecule has 1 aromatic carbocycles.